The second-order valence-electron chi connectivity index (χ2n) is 6.23. The van der Waals surface area contributed by atoms with Gasteiger partial charge in [0.2, 0.25) is 11.8 Å². The molecule has 4 nitrogen and oxygen atoms in total. The van der Waals surface area contributed by atoms with E-state index >= 15 is 0 Å². The topological polar surface area (TPSA) is 49.4 Å². The van der Waals surface area contributed by atoms with Crippen molar-refractivity contribution < 1.29 is 9.59 Å². The van der Waals surface area contributed by atoms with Crippen molar-refractivity contribution in [2.45, 2.75) is 25.1 Å². The molecule has 27 heavy (non-hydrogen) atoms. The number of hydrogen-bond acceptors (Lipinski definition) is 3. The van der Waals surface area contributed by atoms with Crippen molar-refractivity contribution in [2.75, 3.05) is 19.3 Å². The number of carbonyl (C=O) groups excluding carboxylic acids is 2. The van der Waals surface area contributed by atoms with E-state index in [0.29, 0.717) is 17.3 Å². The molecule has 0 fully saturated rings. The molecule has 2 rings (SSSR count). The van der Waals surface area contributed by atoms with Crippen molar-refractivity contribution >= 4 is 35.2 Å². The van der Waals surface area contributed by atoms with Gasteiger partial charge in [-0.25, -0.2) is 0 Å². The summed E-state index contributed by atoms with van der Waals surface area (Å²) >= 11 is 7.44. The highest BCUT2D eigenvalue weighted by molar-refractivity contribution is 7.99. The van der Waals surface area contributed by atoms with E-state index in [1.165, 1.54) is 0 Å². The van der Waals surface area contributed by atoms with Gasteiger partial charge in [0, 0.05) is 24.4 Å². The summed E-state index contributed by atoms with van der Waals surface area (Å²) in [5.74, 6) is 0.878. The first-order chi connectivity index (χ1) is 13.0. The molecule has 0 aliphatic heterocycles. The standard InChI is InChI=1S/C21H25ClN2O2S/c1-16(21(26)23-2)24(13-12-17-6-4-3-5-7-17)20(25)15-27-14-18-8-10-19(22)11-9-18/h3-11,16H,12-15H2,1-2H3,(H,23,26). The molecule has 2 amide bonds. The Morgan fingerprint density at radius 3 is 2.37 bits per heavy atom. The second kappa shape index (κ2) is 11.0. The second-order valence-corrected chi connectivity index (χ2v) is 7.65. The molecule has 0 saturated heterocycles. The Labute approximate surface area is 170 Å². The lowest BCUT2D eigenvalue weighted by Crippen LogP contribution is -2.48. The van der Waals surface area contributed by atoms with Gasteiger partial charge in [-0.3, -0.25) is 9.59 Å². The molecule has 1 N–H and O–H groups in total. The first-order valence-electron chi connectivity index (χ1n) is 8.88. The van der Waals surface area contributed by atoms with Gasteiger partial charge >= 0.3 is 0 Å². The average molecular weight is 405 g/mol. The molecule has 0 aromatic heterocycles. The lowest BCUT2D eigenvalue weighted by atomic mass is 10.1. The molecular weight excluding hydrogens is 380 g/mol. The van der Waals surface area contributed by atoms with Crippen LogP contribution in [0.4, 0.5) is 0 Å². The van der Waals surface area contributed by atoms with Crippen molar-refractivity contribution in [1.29, 1.82) is 0 Å². The van der Waals surface area contributed by atoms with Gasteiger partial charge in [0.15, 0.2) is 0 Å². The number of nitrogens with zero attached hydrogens (tertiary/aromatic N) is 1. The minimum Gasteiger partial charge on any atom is -0.357 e. The minimum absolute atomic E-state index is 0.0269. The molecule has 0 spiro atoms. The molecule has 0 aliphatic carbocycles. The molecule has 0 radical (unpaired) electrons. The van der Waals surface area contributed by atoms with Crippen molar-refractivity contribution in [2.24, 2.45) is 0 Å². The molecule has 2 aromatic carbocycles. The highest BCUT2D eigenvalue weighted by Crippen LogP contribution is 2.17. The molecule has 0 saturated carbocycles. The Balaban J connectivity index is 1.94. The Morgan fingerprint density at radius 2 is 1.74 bits per heavy atom. The highest BCUT2D eigenvalue weighted by atomic mass is 35.5. The molecule has 1 atom stereocenters. The van der Waals surface area contributed by atoms with Gasteiger partial charge < -0.3 is 10.2 Å². The van der Waals surface area contributed by atoms with Crippen molar-refractivity contribution in [3.63, 3.8) is 0 Å². The Morgan fingerprint density at radius 1 is 1.07 bits per heavy atom. The van der Waals surface area contributed by atoms with Crippen molar-refractivity contribution in [1.82, 2.24) is 10.2 Å². The number of carbonyl (C=O) groups is 2. The maximum Gasteiger partial charge on any atom is 0.242 e. The van der Waals surface area contributed by atoms with Crippen LogP contribution in [0.2, 0.25) is 5.02 Å². The lowest BCUT2D eigenvalue weighted by Gasteiger charge is -2.28. The van der Waals surface area contributed by atoms with Crippen LogP contribution in [0, 0.1) is 0 Å². The smallest absolute Gasteiger partial charge is 0.242 e. The lowest BCUT2D eigenvalue weighted by molar-refractivity contribution is -0.137. The molecule has 144 valence electrons. The molecule has 0 heterocycles. The van der Waals surface area contributed by atoms with E-state index in [1.54, 1.807) is 30.6 Å². The van der Waals surface area contributed by atoms with Crippen LogP contribution in [-0.2, 0) is 21.8 Å². The fourth-order valence-corrected chi connectivity index (χ4v) is 3.70. The zero-order valence-corrected chi connectivity index (χ0v) is 17.2. The SMILES string of the molecule is CNC(=O)C(C)N(CCc1ccccc1)C(=O)CSCc1ccc(Cl)cc1. The Kier molecular flexibility index (Phi) is 8.69. The van der Waals surface area contributed by atoms with Gasteiger partial charge in [-0.05, 0) is 36.6 Å². The van der Waals surface area contributed by atoms with Crippen LogP contribution in [-0.4, -0.2) is 42.1 Å². The number of hydrogen-bond donors (Lipinski definition) is 1. The van der Waals surface area contributed by atoms with E-state index in [0.717, 1.165) is 23.3 Å². The van der Waals surface area contributed by atoms with Crippen LogP contribution in [0.5, 0.6) is 0 Å². The average Bonchev–Trinajstić information content (AvgIpc) is 2.69. The van der Waals surface area contributed by atoms with E-state index in [2.05, 4.69) is 5.32 Å². The number of rotatable bonds is 9. The number of likely N-dealkylation sites (N-methyl/N-ethyl adjacent to an activating group) is 1. The summed E-state index contributed by atoms with van der Waals surface area (Å²) in [7, 11) is 1.59. The van der Waals surface area contributed by atoms with Crippen LogP contribution in [0.1, 0.15) is 18.1 Å². The largest absolute Gasteiger partial charge is 0.357 e. The third-order valence-corrected chi connectivity index (χ3v) is 5.55. The third kappa shape index (κ3) is 6.92. The maximum atomic E-state index is 12.8. The summed E-state index contributed by atoms with van der Waals surface area (Å²) in [6.45, 7) is 2.28. The predicted octanol–water partition coefficient (Wildman–Crippen LogP) is 3.78. The molecule has 1 unspecified atom stereocenters. The van der Waals surface area contributed by atoms with E-state index < -0.39 is 6.04 Å². The van der Waals surface area contributed by atoms with Crippen LogP contribution in [0.3, 0.4) is 0 Å². The van der Waals surface area contributed by atoms with Crippen LogP contribution in [0.15, 0.2) is 54.6 Å². The predicted molar refractivity (Wildman–Crippen MR) is 113 cm³/mol. The number of nitrogens with one attached hydrogen (secondary N) is 1. The maximum absolute atomic E-state index is 12.8. The van der Waals surface area contributed by atoms with E-state index in [4.69, 9.17) is 11.6 Å². The monoisotopic (exact) mass is 404 g/mol. The van der Waals surface area contributed by atoms with Crippen LogP contribution in [0.25, 0.3) is 0 Å². The van der Waals surface area contributed by atoms with E-state index in [9.17, 15) is 9.59 Å². The van der Waals surface area contributed by atoms with Gasteiger partial charge in [0.25, 0.3) is 0 Å². The molecule has 0 aliphatic rings. The summed E-state index contributed by atoms with van der Waals surface area (Å²) < 4.78 is 0. The normalized spacial score (nSPS) is 11.7. The quantitative estimate of drug-likeness (QED) is 0.691. The van der Waals surface area contributed by atoms with Gasteiger partial charge in [-0.2, -0.15) is 0 Å². The first kappa shape index (κ1) is 21.3. The van der Waals surface area contributed by atoms with E-state index in [-0.39, 0.29) is 11.8 Å². The fraction of sp³-hybridized carbons (Fsp3) is 0.333. The Bertz CT molecular complexity index is 738. The van der Waals surface area contributed by atoms with Gasteiger partial charge in [-0.15, -0.1) is 11.8 Å². The molecule has 2 aromatic rings. The first-order valence-corrected chi connectivity index (χ1v) is 10.4. The molecule has 6 heteroatoms. The molecular formula is C21H25ClN2O2S. The zero-order chi connectivity index (χ0) is 19.6. The number of benzene rings is 2. The summed E-state index contributed by atoms with van der Waals surface area (Å²) in [5, 5.41) is 3.33. The van der Waals surface area contributed by atoms with Crippen molar-refractivity contribution in [3.05, 3.63) is 70.7 Å². The van der Waals surface area contributed by atoms with Gasteiger partial charge in [-0.1, -0.05) is 54.1 Å². The summed E-state index contributed by atoms with van der Waals surface area (Å²) in [5.41, 5.74) is 2.26. The summed E-state index contributed by atoms with van der Waals surface area (Å²) in [6, 6.07) is 17.1. The van der Waals surface area contributed by atoms with Gasteiger partial charge in [0.05, 0.1) is 5.75 Å². The number of amides is 2. The van der Waals surface area contributed by atoms with Crippen LogP contribution >= 0.6 is 23.4 Å². The Hall–Kier alpha value is -1.98. The van der Waals surface area contributed by atoms with E-state index in [1.807, 2.05) is 54.6 Å². The summed E-state index contributed by atoms with van der Waals surface area (Å²) in [4.78, 5) is 26.5. The number of halogens is 1. The number of thioether (sulfide) groups is 1. The zero-order valence-electron chi connectivity index (χ0n) is 15.7. The minimum atomic E-state index is -0.498. The molecule has 0 bridgehead atoms. The highest BCUT2D eigenvalue weighted by Gasteiger charge is 2.24. The van der Waals surface area contributed by atoms with Crippen LogP contribution < -0.4 is 5.32 Å². The fourth-order valence-electron chi connectivity index (χ4n) is 2.70. The third-order valence-electron chi connectivity index (χ3n) is 4.31. The summed E-state index contributed by atoms with van der Waals surface area (Å²) in [6.07, 6.45) is 0.718. The van der Waals surface area contributed by atoms with Gasteiger partial charge in [0.1, 0.15) is 6.04 Å². The van der Waals surface area contributed by atoms with Crippen molar-refractivity contribution in [3.8, 4) is 0 Å².